The first-order chi connectivity index (χ1) is 4.41. The fourth-order valence-electron chi connectivity index (χ4n) is 0.385. The third-order valence-electron chi connectivity index (χ3n) is 0.667. The van der Waals surface area contributed by atoms with Crippen LogP contribution in [0.15, 0.2) is 36.4 Å². The molecule has 1 aromatic carbocycles. The van der Waals surface area contributed by atoms with Gasteiger partial charge < -0.3 is 0 Å². The second kappa shape index (κ2) is 11.9. The zero-order valence-electron chi connectivity index (χ0n) is 5.08. The first-order valence-electron chi connectivity index (χ1n) is 2.31. The first-order valence-corrected chi connectivity index (χ1v) is 2.93. The molecule has 0 aliphatic carbocycles. The molecule has 0 atom stereocenters. The van der Waals surface area contributed by atoms with E-state index in [1.54, 1.807) is 0 Å². The highest BCUT2D eigenvalue weighted by molar-refractivity contribution is 6.92. The van der Waals surface area contributed by atoms with Gasteiger partial charge in [-0.05, 0) is 0 Å². The van der Waals surface area contributed by atoms with Gasteiger partial charge in [0.2, 0.25) is 0 Å². The van der Waals surface area contributed by atoms with E-state index in [1.807, 2.05) is 36.4 Å². The quantitative estimate of drug-likeness (QED) is 0.572. The van der Waals surface area contributed by atoms with Crippen LogP contribution in [-0.2, 0) is 3.84 Å². The number of hydrogen-bond acceptors (Lipinski definition) is 1. The second-order valence-electron chi connectivity index (χ2n) is 1.21. The predicted octanol–water partition coefficient (Wildman–Crippen LogP) is 3.86. The molecule has 0 bridgehead atoms. The summed E-state index contributed by atoms with van der Waals surface area (Å²) < 4.78 is 3.19. The summed E-state index contributed by atoms with van der Waals surface area (Å²) in [5.74, 6) is 0. The maximum absolute atomic E-state index is 4.26. The molecular formula is C6H6Cl2OP. The average Bonchev–Trinajstić information content (AvgIpc) is 1.93. The van der Waals surface area contributed by atoms with Crippen molar-refractivity contribution in [3.63, 3.8) is 0 Å². The standard InChI is InChI=1S/C6H6.Cl2O.P/c1-2-4-6-5-3-1;1-3-2;/h1-6H;;. The summed E-state index contributed by atoms with van der Waals surface area (Å²) in [6.07, 6.45) is 0. The van der Waals surface area contributed by atoms with E-state index in [2.05, 4.69) is 27.6 Å². The molecular weight excluding hydrogens is 190 g/mol. The third kappa shape index (κ3) is 11.0. The molecule has 55 valence electrons. The molecule has 0 unspecified atom stereocenters. The lowest BCUT2D eigenvalue weighted by atomic mass is 10.4. The SMILES string of the molecule is ClOCl.[P].c1ccccc1. The Morgan fingerprint density at radius 3 is 0.900 bits per heavy atom. The van der Waals surface area contributed by atoms with Crippen LogP contribution in [0.4, 0.5) is 0 Å². The maximum atomic E-state index is 4.26. The van der Waals surface area contributed by atoms with Crippen LogP contribution in [0.3, 0.4) is 0 Å². The molecule has 1 rings (SSSR count). The minimum Gasteiger partial charge on any atom is -0.166 e. The number of halogens is 2. The average molecular weight is 196 g/mol. The van der Waals surface area contributed by atoms with Crippen LogP contribution >= 0.6 is 33.6 Å². The summed E-state index contributed by atoms with van der Waals surface area (Å²) in [6.45, 7) is 0. The summed E-state index contributed by atoms with van der Waals surface area (Å²) in [5.41, 5.74) is 0. The van der Waals surface area contributed by atoms with Crippen molar-refractivity contribution in [1.82, 2.24) is 0 Å². The zero-order valence-corrected chi connectivity index (χ0v) is 7.48. The van der Waals surface area contributed by atoms with Gasteiger partial charge >= 0.3 is 0 Å². The summed E-state index contributed by atoms with van der Waals surface area (Å²) in [4.78, 5) is 0. The first kappa shape index (κ1) is 12.8. The summed E-state index contributed by atoms with van der Waals surface area (Å²) in [5, 5.41) is 0. The van der Waals surface area contributed by atoms with Crippen molar-refractivity contribution in [2.45, 2.75) is 0 Å². The fraction of sp³-hybridized carbons (Fsp3) is 0. The minimum absolute atomic E-state index is 0. The van der Waals surface area contributed by atoms with Gasteiger partial charge in [0.05, 0.1) is 23.7 Å². The van der Waals surface area contributed by atoms with Crippen molar-refractivity contribution >= 4 is 33.6 Å². The van der Waals surface area contributed by atoms with Gasteiger partial charge in [-0.1, -0.05) is 36.4 Å². The van der Waals surface area contributed by atoms with Gasteiger partial charge in [0.1, 0.15) is 0 Å². The lowest BCUT2D eigenvalue weighted by Gasteiger charge is -1.69. The molecule has 0 spiro atoms. The van der Waals surface area contributed by atoms with Gasteiger partial charge in [0.15, 0.2) is 0 Å². The van der Waals surface area contributed by atoms with E-state index in [-0.39, 0.29) is 9.90 Å². The molecule has 3 radical (unpaired) electrons. The highest BCUT2D eigenvalue weighted by Gasteiger charge is 1.57. The molecule has 10 heavy (non-hydrogen) atoms. The molecule has 1 nitrogen and oxygen atoms in total. The smallest absolute Gasteiger partial charge is 0.0832 e. The highest BCUT2D eigenvalue weighted by atomic mass is 35.6. The van der Waals surface area contributed by atoms with Crippen molar-refractivity contribution < 1.29 is 3.84 Å². The van der Waals surface area contributed by atoms with Crippen LogP contribution in [0.2, 0.25) is 0 Å². The van der Waals surface area contributed by atoms with Crippen molar-refractivity contribution in [1.29, 1.82) is 0 Å². The van der Waals surface area contributed by atoms with Gasteiger partial charge in [0, 0.05) is 9.90 Å². The molecule has 0 amide bonds. The molecule has 0 saturated carbocycles. The van der Waals surface area contributed by atoms with Gasteiger partial charge in [0.25, 0.3) is 0 Å². The van der Waals surface area contributed by atoms with E-state index in [4.69, 9.17) is 0 Å². The number of rotatable bonds is 0. The van der Waals surface area contributed by atoms with Gasteiger partial charge in [-0.3, -0.25) is 0 Å². The highest BCUT2D eigenvalue weighted by Crippen LogP contribution is 1.80. The number of benzene rings is 1. The molecule has 4 heteroatoms. The maximum Gasteiger partial charge on any atom is 0.0832 e. The van der Waals surface area contributed by atoms with Crippen LogP contribution in [0.25, 0.3) is 0 Å². The van der Waals surface area contributed by atoms with E-state index in [0.29, 0.717) is 0 Å². The van der Waals surface area contributed by atoms with Crippen LogP contribution < -0.4 is 0 Å². The molecule has 1 aromatic rings. The van der Waals surface area contributed by atoms with Crippen molar-refractivity contribution in [3.05, 3.63) is 36.4 Å². The molecule has 0 saturated heterocycles. The Labute approximate surface area is 74.3 Å². The van der Waals surface area contributed by atoms with E-state index in [9.17, 15) is 0 Å². The Kier molecular flexibility index (Phi) is 15.3. The summed E-state index contributed by atoms with van der Waals surface area (Å²) in [7, 11) is 0. The van der Waals surface area contributed by atoms with Gasteiger partial charge in [-0.25, -0.2) is 0 Å². The van der Waals surface area contributed by atoms with Crippen LogP contribution in [0, 0.1) is 0 Å². The van der Waals surface area contributed by atoms with Gasteiger partial charge in [-0.15, -0.1) is 0 Å². The second-order valence-corrected chi connectivity index (χ2v) is 1.68. The topological polar surface area (TPSA) is 9.23 Å². The Morgan fingerprint density at radius 1 is 0.700 bits per heavy atom. The largest absolute Gasteiger partial charge is 0.166 e. The van der Waals surface area contributed by atoms with Crippen LogP contribution in [0.5, 0.6) is 0 Å². The lowest BCUT2D eigenvalue weighted by Crippen LogP contribution is -1.47. The van der Waals surface area contributed by atoms with E-state index < -0.39 is 0 Å². The van der Waals surface area contributed by atoms with E-state index in [1.165, 1.54) is 0 Å². The molecule has 0 aromatic heterocycles. The Hall–Kier alpha value is 0.190. The number of hydrogen-bond donors (Lipinski definition) is 0. The predicted molar refractivity (Wildman–Crippen MR) is 46.2 cm³/mol. The van der Waals surface area contributed by atoms with Crippen LogP contribution in [0.1, 0.15) is 0 Å². The molecule has 0 heterocycles. The van der Waals surface area contributed by atoms with Crippen molar-refractivity contribution in [2.24, 2.45) is 0 Å². The Bertz CT molecular complexity index is 98.6. The molecule has 0 fully saturated rings. The molecule has 0 aliphatic heterocycles. The third-order valence-corrected chi connectivity index (χ3v) is 0.667. The zero-order chi connectivity index (χ0) is 6.95. The molecule has 0 N–H and O–H groups in total. The van der Waals surface area contributed by atoms with Gasteiger partial charge in [-0.2, -0.15) is 3.84 Å². The lowest BCUT2D eigenvalue weighted by molar-refractivity contribution is 0.697. The van der Waals surface area contributed by atoms with Crippen LogP contribution in [-0.4, -0.2) is 0 Å². The minimum atomic E-state index is 0. The summed E-state index contributed by atoms with van der Waals surface area (Å²) >= 11 is 8.53. The van der Waals surface area contributed by atoms with E-state index in [0.717, 1.165) is 0 Å². The van der Waals surface area contributed by atoms with E-state index >= 15 is 0 Å². The Morgan fingerprint density at radius 2 is 0.800 bits per heavy atom. The normalized spacial score (nSPS) is 6.60. The monoisotopic (exact) mass is 195 g/mol. The summed E-state index contributed by atoms with van der Waals surface area (Å²) in [6, 6.07) is 12.0. The van der Waals surface area contributed by atoms with Crippen molar-refractivity contribution in [2.75, 3.05) is 0 Å². The molecule has 0 aliphatic rings. The fourth-order valence-corrected chi connectivity index (χ4v) is 0.385. The Balaban J connectivity index is 0. The van der Waals surface area contributed by atoms with Crippen molar-refractivity contribution in [3.8, 4) is 0 Å².